The summed E-state index contributed by atoms with van der Waals surface area (Å²) in [5.41, 5.74) is 4.94. The molecule has 9 nitrogen and oxygen atoms in total. The normalized spacial score (nSPS) is 19.4. The van der Waals surface area contributed by atoms with Crippen LogP contribution in [0, 0.1) is 39.5 Å². The SMILES string of the molecule is CC[C@H](C)Oc1ccc(C([C@@H]2C(=O)NC(=S)N(c3ccc(C)cc3C)C2=O)[C@@H]2C(=O)NC(=S)N(c3ccc(C)cc3C)C2=O)cc1. The number of hydrogen-bond acceptors (Lipinski definition) is 7. The maximum atomic E-state index is 14.5. The van der Waals surface area contributed by atoms with Gasteiger partial charge in [0.1, 0.15) is 17.6 Å². The Morgan fingerprint density at radius 2 is 1.15 bits per heavy atom. The molecule has 0 saturated carbocycles. The predicted molar refractivity (Wildman–Crippen MR) is 185 cm³/mol. The van der Waals surface area contributed by atoms with Crippen LogP contribution in [0.1, 0.15) is 54.0 Å². The van der Waals surface area contributed by atoms with E-state index in [0.717, 1.165) is 28.7 Å². The fourth-order valence-electron chi connectivity index (χ4n) is 6.04. The van der Waals surface area contributed by atoms with Crippen molar-refractivity contribution in [2.45, 2.75) is 60.0 Å². The van der Waals surface area contributed by atoms with Crippen molar-refractivity contribution in [3.05, 3.63) is 88.5 Å². The van der Waals surface area contributed by atoms with Gasteiger partial charge in [-0.25, -0.2) is 0 Å². The van der Waals surface area contributed by atoms with Crippen molar-refractivity contribution >= 4 is 69.7 Å². The summed E-state index contributed by atoms with van der Waals surface area (Å²) in [7, 11) is 0. The molecule has 4 amide bonds. The van der Waals surface area contributed by atoms with Gasteiger partial charge in [-0.1, -0.05) is 54.4 Å². The van der Waals surface area contributed by atoms with Crippen molar-refractivity contribution in [1.29, 1.82) is 0 Å². The Hall–Kier alpha value is -4.48. The van der Waals surface area contributed by atoms with Crippen LogP contribution in [0.3, 0.4) is 0 Å². The molecule has 0 bridgehead atoms. The summed E-state index contributed by atoms with van der Waals surface area (Å²) in [6, 6.07) is 17.8. The summed E-state index contributed by atoms with van der Waals surface area (Å²) in [4.78, 5) is 59.1. The molecular weight excluding hydrogens is 621 g/mol. The van der Waals surface area contributed by atoms with Gasteiger partial charge in [-0.3, -0.25) is 29.0 Å². The molecule has 3 aromatic rings. The van der Waals surface area contributed by atoms with E-state index in [1.807, 2.05) is 65.8 Å². The molecule has 2 saturated heterocycles. The average molecular weight is 657 g/mol. The Kier molecular flexibility index (Phi) is 9.37. The second-order valence-electron chi connectivity index (χ2n) is 11.9. The van der Waals surface area contributed by atoms with E-state index in [1.165, 1.54) is 9.80 Å². The zero-order chi connectivity index (χ0) is 33.4. The van der Waals surface area contributed by atoms with Crippen LogP contribution in [0.25, 0.3) is 0 Å². The number of nitrogens with zero attached hydrogens (tertiary/aromatic N) is 2. The summed E-state index contributed by atoms with van der Waals surface area (Å²) >= 11 is 11.0. The molecule has 0 spiro atoms. The largest absolute Gasteiger partial charge is 0.491 e. The second kappa shape index (κ2) is 13.1. The van der Waals surface area contributed by atoms with Crippen molar-refractivity contribution in [2.24, 2.45) is 11.8 Å². The summed E-state index contributed by atoms with van der Waals surface area (Å²) in [5.74, 6) is -6.30. The summed E-state index contributed by atoms with van der Waals surface area (Å²) in [6.45, 7) is 11.5. The lowest BCUT2D eigenvalue weighted by atomic mass is 9.73. The second-order valence-corrected chi connectivity index (χ2v) is 12.7. The van der Waals surface area contributed by atoms with Crippen LogP contribution < -0.4 is 25.2 Å². The number of amides is 4. The molecule has 0 aromatic heterocycles. The lowest BCUT2D eigenvalue weighted by molar-refractivity contribution is -0.139. The molecule has 2 heterocycles. The maximum absolute atomic E-state index is 14.5. The van der Waals surface area contributed by atoms with Crippen LogP contribution >= 0.6 is 24.4 Å². The molecule has 3 aromatic carbocycles. The van der Waals surface area contributed by atoms with Gasteiger partial charge in [0, 0.05) is 5.92 Å². The van der Waals surface area contributed by atoms with Crippen LogP contribution in [0.2, 0.25) is 0 Å². The molecular formula is C35H36N4O5S2. The van der Waals surface area contributed by atoms with Crippen molar-refractivity contribution in [3.8, 4) is 5.75 Å². The third-order valence-electron chi connectivity index (χ3n) is 8.49. The van der Waals surface area contributed by atoms with Gasteiger partial charge in [-0.15, -0.1) is 0 Å². The molecule has 2 fully saturated rings. The molecule has 2 aliphatic heterocycles. The zero-order valence-electron chi connectivity index (χ0n) is 26.5. The van der Waals surface area contributed by atoms with E-state index in [2.05, 4.69) is 10.6 Å². The van der Waals surface area contributed by atoms with Gasteiger partial charge in [0.05, 0.1) is 17.5 Å². The van der Waals surface area contributed by atoms with Gasteiger partial charge < -0.3 is 15.4 Å². The highest BCUT2D eigenvalue weighted by Crippen LogP contribution is 2.41. The van der Waals surface area contributed by atoms with Gasteiger partial charge >= 0.3 is 0 Å². The van der Waals surface area contributed by atoms with E-state index >= 15 is 0 Å². The van der Waals surface area contributed by atoms with Gasteiger partial charge in [0.15, 0.2) is 10.2 Å². The number of carbonyl (C=O) groups excluding carboxylic acids is 4. The van der Waals surface area contributed by atoms with E-state index in [9.17, 15) is 19.2 Å². The van der Waals surface area contributed by atoms with Crippen molar-refractivity contribution in [2.75, 3.05) is 9.80 Å². The Morgan fingerprint density at radius 1 is 0.717 bits per heavy atom. The number of benzene rings is 3. The van der Waals surface area contributed by atoms with Crippen LogP contribution in [-0.4, -0.2) is 40.0 Å². The highest BCUT2D eigenvalue weighted by Gasteiger charge is 2.54. The van der Waals surface area contributed by atoms with Gasteiger partial charge in [0.2, 0.25) is 23.6 Å². The standard InChI is InChI=1S/C35H36N4O5S2/c1-7-22(6)44-24-12-10-23(11-13-24)27(28-30(40)36-34(45)38(32(28)42)25-14-8-18(2)16-20(25)4)29-31(41)37-35(46)39(33(29)43)26-15-9-19(3)17-21(26)5/h8-17,22,27-29H,7H2,1-6H3,(H,36,40,45)(H,37,41,46)/t22-,28+,29+/m0/s1. The zero-order valence-corrected chi connectivity index (χ0v) is 28.2. The Labute approximate surface area is 279 Å². The lowest BCUT2D eigenvalue weighted by Crippen LogP contribution is -2.64. The summed E-state index contributed by atoms with van der Waals surface area (Å²) < 4.78 is 5.95. The first-order chi connectivity index (χ1) is 21.8. The molecule has 46 heavy (non-hydrogen) atoms. The summed E-state index contributed by atoms with van der Waals surface area (Å²) in [6.07, 6.45) is 0.748. The maximum Gasteiger partial charge on any atom is 0.246 e. The van der Waals surface area contributed by atoms with Crippen LogP contribution in [-0.2, 0) is 19.2 Å². The third kappa shape index (κ3) is 6.17. The third-order valence-corrected chi connectivity index (χ3v) is 9.06. The minimum absolute atomic E-state index is 0.0438. The highest BCUT2D eigenvalue weighted by molar-refractivity contribution is 7.80. The quantitative estimate of drug-likeness (QED) is 0.250. The minimum atomic E-state index is -1.49. The fraction of sp³-hybridized carbons (Fsp3) is 0.314. The van der Waals surface area contributed by atoms with Crippen molar-refractivity contribution in [1.82, 2.24) is 10.6 Å². The Balaban J connectivity index is 1.65. The number of ether oxygens (including phenoxy) is 1. The van der Waals surface area contributed by atoms with Crippen molar-refractivity contribution in [3.63, 3.8) is 0 Å². The first-order valence-corrected chi connectivity index (χ1v) is 15.9. The number of nitrogens with one attached hydrogen (secondary N) is 2. The lowest BCUT2D eigenvalue weighted by Gasteiger charge is -2.41. The van der Waals surface area contributed by atoms with Crippen molar-refractivity contribution < 1.29 is 23.9 Å². The van der Waals surface area contributed by atoms with Crippen LogP contribution in [0.15, 0.2) is 60.7 Å². The molecule has 5 rings (SSSR count). The number of aryl methyl sites for hydroxylation is 4. The van der Waals surface area contributed by atoms with E-state index in [-0.39, 0.29) is 16.3 Å². The minimum Gasteiger partial charge on any atom is -0.491 e. The Bertz CT molecular complexity index is 1670. The number of hydrogen-bond donors (Lipinski definition) is 2. The van der Waals surface area contributed by atoms with Crippen LogP contribution in [0.5, 0.6) is 5.75 Å². The highest BCUT2D eigenvalue weighted by atomic mass is 32.1. The van der Waals surface area contributed by atoms with E-state index in [4.69, 9.17) is 29.2 Å². The topological polar surface area (TPSA) is 108 Å². The molecule has 0 unspecified atom stereocenters. The molecule has 238 valence electrons. The first kappa shape index (κ1) is 32.9. The van der Waals surface area contributed by atoms with Gasteiger partial charge in [-0.2, -0.15) is 0 Å². The monoisotopic (exact) mass is 656 g/mol. The van der Waals surface area contributed by atoms with Crippen LogP contribution in [0.4, 0.5) is 11.4 Å². The molecule has 2 N–H and O–H groups in total. The molecule has 0 radical (unpaired) electrons. The first-order valence-electron chi connectivity index (χ1n) is 15.1. The van der Waals surface area contributed by atoms with E-state index in [0.29, 0.717) is 22.7 Å². The van der Waals surface area contributed by atoms with E-state index < -0.39 is 41.4 Å². The number of anilines is 2. The number of rotatable bonds is 8. The molecule has 3 atom stereocenters. The predicted octanol–water partition coefficient (Wildman–Crippen LogP) is 5.31. The smallest absolute Gasteiger partial charge is 0.246 e. The molecule has 2 aliphatic rings. The molecule has 11 heteroatoms. The van der Waals surface area contributed by atoms with Gasteiger partial charge in [0.25, 0.3) is 0 Å². The molecule has 0 aliphatic carbocycles. The number of carbonyl (C=O) groups is 4. The fourth-order valence-corrected chi connectivity index (χ4v) is 6.62. The summed E-state index contributed by atoms with van der Waals surface area (Å²) in [5, 5.41) is 5.19. The number of thiocarbonyl (C=S) groups is 2. The van der Waals surface area contributed by atoms with E-state index in [1.54, 1.807) is 36.4 Å². The average Bonchev–Trinajstić information content (AvgIpc) is 2.98. The Morgan fingerprint density at radius 3 is 1.54 bits per heavy atom. The van der Waals surface area contributed by atoms with Gasteiger partial charge in [-0.05, 0) is 106 Å².